The van der Waals surface area contributed by atoms with Gasteiger partial charge in [0.15, 0.2) is 0 Å². The van der Waals surface area contributed by atoms with Crippen LogP contribution in [0.1, 0.15) is 13.3 Å². The third kappa shape index (κ3) is 12.3. The number of hydrogen-bond acceptors (Lipinski definition) is 4. The smallest absolute Gasteiger partial charge is 1.00 e. The summed E-state index contributed by atoms with van der Waals surface area (Å²) in [7, 11) is -2.84. The molecular formula is C9H11Cl2Mg2O4P. The summed E-state index contributed by atoms with van der Waals surface area (Å²) in [6.07, 6.45) is 0.935. The zero-order chi connectivity index (χ0) is 10.4. The summed E-state index contributed by atoms with van der Waals surface area (Å²) in [5.74, 6) is 1.00. The molecule has 0 radical (unpaired) electrons. The van der Waals surface area contributed by atoms with Gasteiger partial charge < -0.3 is 43.9 Å². The van der Waals surface area contributed by atoms with Crippen molar-refractivity contribution in [3.05, 3.63) is 24.3 Å². The maximum Gasteiger partial charge on any atom is 2.00 e. The van der Waals surface area contributed by atoms with Crippen molar-refractivity contribution in [2.45, 2.75) is 13.3 Å². The largest absolute Gasteiger partial charge is 2.00 e. The second kappa shape index (κ2) is 16.3. The average molecular weight is 334 g/mol. The molecule has 0 amide bonds. The zero-order valence-corrected chi connectivity index (χ0v) is 15.2. The fourth-order valence-corrected chi connectivity index (χ4v) is 1.20. The van der Waals surface area contributed by atoms with Crippen molar-refractivity contribution in [3.63, 3.8) is 0 Å². The maximum absolute atomic E-state index is 10.2. The van der Waals surface area contributed by atoms with Gasteiger partial charge in [-0.15, -0.1) is 0 Å². The fourth-order valence-electron chi connectivity index (χ4n) is 0.903. The Kier molecular flexibility index (Phi) is 25.0. The van der Waals surface area contributed by atoms with E-state index in [0.29, 0.717) is 18.1 Å². The normalized spacial score (nSPS) is 8.00. The average Bonchev–Trinajstić information content (AvgIpc) is 2.16. The molecule has 0 aromatic heterocycles. The van der Waals surface area contributed by atoms with Gasteiger partial charge >= 0.3 is 46.1 Å². The molecule has 0 aliphatic heterocycles. The molecule has 1 aromatic rings. The van der Waals surface area contributed by atoms with Crippen molar-refractivity contribution >= 4 is 54.7 Å². The molecule has 0 fully saturated rings. The predicted octanol–water partition coefficient (Wildman–Crippen LogP) is -5.95. The number of ether oxygens (including phenoxy) is 1. The van der Waals surface area contributed by atoms with E-state index < -0.39 is 8.60 Å². The first-order valence-electron chi connectivity index (χ1n) is 4.27. The molecule has 0 bridgehead atoms. The van der Waals surface area contributed by atoms with Crippen LogP contribution in [0.4, 0.5) is 0 Å². The zero-order valence-electron chi connectivity index (χ0n) is 9.97. The van der Waals surface area contributed by atoms with E-state index in [1.54, 1.807) is 24.3 Å². The van der Waals surface area contributed by atoms with Gasteiger partial charge in [0.05, 0.1) is 6.61 Å². The van der Waals surface area contributed by atoms with Crippen LogP contribution >= 0.6 is 8.60 Å². The molecule has 9 heteroatoms. The van der Waals surface area contributed by atoms with Crippen molar-refractivity contribution < 1.29 is 43.9 Å². The SMILES string of the molecule is CCCOc1ccc(OP([O-])[O-])cc1.[Cl-].[Cl-].[Mg+2].[Mg+2]. The Morgan fingerprint density at radius 2 is 1.44 bits per heavy atom. The van der Waals surface area contributed by atoms with Crippen LogP contribution < -0.4 is 43.9 Å². The van der Waals surface area contributed by atoms with Crippen molar-refractivity contribution in [2.24, 2.45) is 0 Å². The molecule has 0 atom stereocenters. The molecular weight excluding hydrogens is 323 g/mol. The van der Waals surface area contributed by atoms with Crippen molar-refractivity contribution in [1.29, 1.82) is 0 Å². The summed E-state index contributed by atoms with van der Waals surface area (Å²) >= 11 is 0. The molecule has 0 N–H and O–H groups in total. The van der Waals surface area contributed by atoms with Crippen LogP contribution in [0.15, 0.2) is 24.3 Å². The summed E-state index contributed by atoms with van der Waals surface area (Å²) in [5, 5.41) is 0. The molecule has 0 heterocycles. The molecule has 94 valence electrons. The Bertz CT molecular complexity index is 278. The van der Waals surface area contributed by atoms with E-state index in [1.165, 1.54) is 0 Å². The minimum absolute atomic E-state index is 0. The first kappa shape index (κ1) is 27.6. The van der Waals surface area contributed by atoms with E-state index >= 15 is 0 Å². The van der Waals surface area contributed by atoms with Gasteiger partial charge in [-0.1, -0.05) is 15.5 Å². The summed E-state index contributed by atoms with van der Waals surface area (Å²) in [4.78, 5) is 20.4. The van der Waals surface area contributed by atoms with Gasteiger partial charge in [-0.2, -0.15) is 0 Å². The first-order valence-corrected chi connectivity index (χ1v) is 5.37. The number of hydrogen-bond donors (Lipinski definition) is 0. The monoisotopic (exact) mass is 332 g/mol. The van der Waals surface area contributed by atoms with Crippen LogP contribution in [0, 0.1) is 0 Å². The van der Waals surface area contributed by atoms with Gasteiger partial charge in [-0.3, -0.25) is 0 Å². The van der Waals surface area contributed by atoms with E-state index in [9.17, 15) is 9.79 Å². The Morgan fingerprint density at radius 1 is 1.00 bits per heavy atom. The predicted molar refractivity (Wildman–Crippen MR) is 61.3 cm³/mol. The second-order valence-electron chi connectivity index (χ2n) is 2.63. The number of benzene rings is 1. The molecule has 0 aliphatic rings. The first-order chi connectivity index (χ1) is 6.72. The quantitative estimate of drug-likeness (QED) is 0.398. The van der Waals surface area contributed by atoms with Gasteiger partial charge in [0.25, 0.3) is 0 Å². The molecule has 0 spiro atoms. The Morgan fingerprint density at radius 3 is 1.83 bits per heavy atom. The van der Waals surface area contributed by atoms with Gasteiger partial charge in [-0.05, 0) is 30.7 Å². The minimum Gasteiger partial charge on any atom is -1.00 e. The van der Waals surface area contributed by atoms with Crippen LogP contribution in [0.3, 0.4) is 0 Å². The molecule has 1 rings (SSSR count). The van der Waals surface area contributed by atoms with Crippen molar-refractivity contribution in [1.82, 2.24) is 0 Å². The van der Waals surface area contributed by atoms with Crippen LogP contribution in [-0.2, 0) is 0 Å². The molecule has 0 unspecified atom stereocenters. The van der Waals surface area contributed by atoms with Crippen LogP contribution in [-0.4, -0.2) is 52.7 Å². The molecule has 4 nitrogen and oxygen atoms in total. The molecule has 1 aromatic carbocycles. The third-order valence-electron chi connectivity index (χ3n) is 1.48. The Balaban J connectivity index is -0.000000245. The fraction of sp³-hybridized carbons (Fsp3) is 0.333. The number of halogens is 2. The van der Waals surface area contributed by atoms with Crippen molar-refractivity contribution in [3.8, 4) is 11.5 Å². The van der Waals surface area contributed by atoms with Crippen molar-refractivity contribution in [2.75, 3.05) is 6.61 Å². The third-order valence-corrected chi connectivity index (χ3v) is 1.84. The summed E-state index contributed by atoms with van der Waals surface area (Å²) in [6.45, 7) is 2.66. The molecule has 0 saturated carbocycles. The molecule has 0 aliphatic carbocycles. The van der Waals surface area contributed by atoms with E-state index in [4.69, 9.17) is 4.74 Å². The van der Waals surface area contributed by atoms with Gasteiger partial charge in [0.1, 0.15) is 11.5 Å². The summed E-state index contributed by atoms with van der Waals surface area (Å²) < 4.78 is 9.78. The van der Waals surface area contributed by atoms with E-state index in [2.05, 4.69) is 4.52 Å². The maximum atomic E-state index is 10.2. The molecule has 0 saturated heterocycles. The Labute approximate surface area is 153 Å². The standard InChI is InChI=1S/C9H11O4P.2ClH.2Mg/c1-2-7-12-8-3-5-9(6-4-8)13-14(10)11;;;;/h3-6H,2,7H2,1H3;2*1H;;/q-2;;;2*+2/p-2. The Hall–Kier alpha value is 1.28. The van der Waals surface area contributed by atoms with E-state index in [-0.39, 0.29) is 70.9 Å². The van der Waals surface area contributed by atoms with E-state index in [0.717, 1.165) is 6.42 Å². The number of rotatable bonds is 5. The molecule has 18 heavy (non-hydrogen) atoms. The van der Waals surface area contributed by atoms with Crippen LogP contribution in [0.5, 0.6) is 11.5 Å². The van der Waals surface area contributed by atoms with Crippen LogP contribution in [0.25, 0.3) is 0 Å². The van der Waals surface area contributed by atoms with Gasteiger partial charge in [0.2, 0.25) is 0 Å². The van der Waals surface area contributed by atoms with E-state index in [1.807, 2.05) is 6.92 Å². The minimum atomic E-state index is -2.84. The van der Waals surface area contributed by atoms with Gasteiger partial charge in [-0.25, -0.2) is 0 Å². The summed E-state index contributed by atoms with van der Waals surface area (Å²) in [6, 6.07) is 6.44. The van der Waals surface area contributed by atoms with Crippen LogP contribution in [0.2, 0.25) is 0 Å². The summed E-state index contributed by atoms with van der Waals surface area (Å²) in [5.41, 5.74) is 0. The topological polar surface area (TPSA) is 64.6 Å². The van der Waals surface area contributed by atoms with Gasteiger partial charge in [0, 0.05) is 0 Å². The second-order valence-corrected chi connectivity index (χ2v) is 3.26.